The Hall–Kier alpha value is -2.91. The van der Waals surface area contributed by atoms with Gasteiger partial charge in [0.05, 0.1) is 29.1 Å². The van der Waals surface area contributed by atoms with Crippen LogP contribution in [-0.2, 0) is 0 Å². The zero-order valence-electron chi connectivity index (χ0n) is 12.9. The lowest BCUT2D eigenvalue weighted by molar-refractivity contribution is -0.148. The van der Waals surface area contributed by atoms with Crippen LogP contribution in [0, 0.1) is 12.8 Å². The number of alkyl halides is 3. The van der Waals surface area contributed by atoms with E-state index in [4.69, 9.17) is 0 Å². The highest BCUT2D eigenvalue weighted by molar-refractivity contribution is 5.63. The molecule has 0 aromatic carbocycles. The molecule has 3 aromatic heterocycles. The monoisotopic (exact) mass is 351 g/mol. The molecule has 4 rings (SSSR count). The van der Waals surface area contributed by atoms with E-state index in [9.17, 15) is 22.8 Å². The van der Waals surface area contributed by atoms with Crippen molar-refractivity contribution in [2.75, 3.05) is 0 Å². The van der Waals surface area contributed by atoms with Crippen LogP contribution in [0.1, 0.15) is 23.6 Å². The molecule has 0 radical (unpaired) electrons. The van der Waals surface area contributed by atoms with Gasteiger partial charge in [-0.15, -0.1) is 0 Å². The van der Waals surface area contributed by atoms with E-state index in [2.05, 4.69) is 20.1 Å². The van der Waals surface area contributed by atoms with Crippen LogP contribution in [0.15, 0.2) is 28.0 Å². The predicted molar refractivity (Wildman–Crippen MR) is 81.3 cm³/mol. The Morgan fingerprint density at radius 3 is 2.72 bits per heavy atom. The summed E-state index contributed by atoms with van der Waals surface area (Å²) in [5.41, 5.74) is 0.244. The third-order valence-corrected chi connectivity index (χ3v) is 4.28. The molecule has 0 bridgehead atoms. The highest BCUT2D eigenvalue weighted by atomic mass is 19.4. The van der Waals surface area contributed by atoms with Crippen LogP contribution in [0.5, 0.6) is 0 Å². The molecule has 0 unspecified atom stereocenters. The smallest absolute Gasteiger partial charge is 0.313 e. The fourth-order valence-electron chi connectivity index (χ4n) is 3.02. The van der Waals surface area contributed by atoms with Crippen molar-refractivity contribution in [3.63, 3.8) is 0 Å². The summed E-state index contributed by atoms with van der Waals surface area (Å²) in [6.45, 7) is 1.71. The number of aromatic nitrogens is 5. The summed E-state index contributed by atoms with van der Waals surface area (Å²) in [5, 5.41) is 4.25. The van der Waals surface area contributed by atoms with Crippen molar-refractivity contribution in [2.45, 2.75) is 25.4 Å². The van der Waals surface area contributed by atoms with Crippen molar-refractivity contribution in [3.8, 4) is 11.3 Å². The van der Waals surface area contributed by atoms with Gasteiger partial charge in [0.15, 0.2) is 5.65 Å². The normalized spacial score (nSPS) is 20.2. The molecular weight excluding hydrogens is 339 g/mol. The number of imidazole rings is 1. The van der Waals surface area contributed by atoms with Crippen LogP contribution in [0.2, 0.25) is 0 Å². The van der Waals surface area contributed by atoms with Gasteiger partial charge in [0.1, 0.15) is 0 Å². The summed E-state index contributed by atoms with van der Waals surface area (Å²) in [6, 6.07) is 1.45. The minimum absolute atomic E-state index is 0.0174. The minimum atomic E-state index is -4.28. The Balaban J connectivity index is 1.90. The molecule has 1 saturated carbocycles. The van der Waals surface area contributed by atoms with Gasteiger partial charge in [-0.3, -0.25) is 9.78 Å². The van der Waals surface area contributed by atoms with Crippen LogP contribution in [-0.4, -0.2) is 30.7 Å². The number of halogens is 3. The molecule has 25 heavy (non-hydrogen) atoms. The molecular formula is C15H12F3N5O2. The quantitative estimate of drug-likeness (QED) is 0.735. The first-order valence-corrected chi connectivity index (χ1v) is 7.50. The van der Waals surface area contributed by atoms with Crippen LogP contribution >= 0.6 is 0 Å². The number of H-pyrrole nitrogens is 2. The lowest BCUT2D eigenvalue weighted by Gasteiger charge is -2.08. The third kappa shape index (κ3) is 2.63. The lowest BCUT2D eigenvalue weighted by atomic mass is 10.1. The number of hydrogen-bond acceptors (Lipinski definition) is 4. The van der Waals surface area contributed by atoms with Gasteiger partial charge in [0, 0.05) is 11.8 Å². The summed E-state index contributed by atoms with van der Waals surface area (Å²) in [6.07, 6.45) is -1.52. The van der Waals surface area contributed by atoms with E-state index in [1.54, 1.807) is 13.1 Å². The van der Waals surface area contributed by atoms with E-state index in [1.165, 1.54) is 16.8 Å². The largest absolute Gasteiger partial charge is 0.392 e. The molecule has 130 valence electrons. The molecule has 2 atom stereocenters. The highest BCUT2D eigenvalue weighted by Gasteiger charge is 2.56. The number of aromatic amines is 2. The summed E-state index contributed by atoms with van der Waals surface area (Å²) in [4.78, 5) is 31.8. The summed E-state index contributed by atoms with van der Waals surface area (Å²) in [5.74, 6) is -2.13. The molecule has 1 aliphatic rings. The van der Waals surface area contributed by atoms with E-state index >= 15 is 0 Å². The van der Waals surface area contributed by atoms with Crippen molar-refractivity contribution in [2.24, 2.45) is 5.92 Å². The predicted octanol–water partition coefficient (Wildman–Crippen LogP) is 1.75. The molecule has 7 nitrogen and oxygen atoms in total. The third-order valence-electron chi connectivity index (χ3n) is 4.28. The molecule has 1 fully saturated rings. The van der Waals surface area contributed by atoms with E-state index in [1.807, 2.05) is 0 Å². The van der Waals surface area contributed by atoms with Crippen LogP contribution in [0.25, 0.3) is 16.9 Å². The summed E-state index contributed by atoms with van der Waals surface area (Å²) < 4.78 is 40.3. The van der Waals surface area contributed by atoms with Crippen molar-refractivity contribution >= 4 is 5.65 Å². The average molecular weight is 351 g/mol. The Morgan fingerprint density at radius 2 is 2.08 bits per heavy atom. The van der Waals surface area contributed by atoms with E-state index < -0.39 is 29.3 Å². The molecule has 0 amide bonds. The van der Waals surface area contributed by atoms with Crippen molar-refractivity contribution in [1.29, 1.82) is 0 Å². The van der Waals surface area contributed by atoms with E-state index in [-0.39, 0.29) is 17.7 Å². The lowest BCUT2D eigenvalue weighted by Crippen LogP contribution is -2.23. The standard InChI is InChI=1S/C15H12F3N5O2/c1-6-5-23-12(20-6)8(7-2-10(7)15(16,17)18)3-11(22-23)9-4-19-14(25)21-13(9)24/h3-5,7,10H,2H2,1H3,(H2,19,21,24,25)/t7-,10+/m0/s1. The molecule has 1 aliphatic carbocycles. The zero-order chi connectivity index (χ0) is 17.9. The molecule has 3 heterocycles. The van der Waals surface area contributed by atoms with Gasteiger partial charge < -0.3 is 4.98 Å². The maximum atomic E-state index is 13.0. The highest BCUT2D eigenvalue weighted by Crippen LogP contribution is 2.56. The molecule has 2 N–H and O–H groups in total. The van der Waals surface area contributed by atoms with Gasteiger partial charge in [-0.25, -0.2) is 14.3 Å². The molecule has 0 spiro atoms. The molecule has 0 saturated heterocycles. The van der Waals surface area contributed by atoms with Crippen molar-refractivity contribution < 1.29 is 13.2 Å². The van der Waals surface area contributed by atoms with Gasteiger partial charge in [-0.05, 0) is 25.3 Å². The first-order valence-electron chi connectivity index (χ1n) is 7.50. The summed E-state index contributed by atoms with van der Waals surface area (Å²) in [7, 11) is 0. The van der Waals surface area contributed by atoms with Gasteiger partial charge in [-0.1, -0.05) is 0 Å². The number of nitrogens with one attached hydrogen (secondary N) is 2. The van der Waals surface area contributed by atoms with Gasteiger partial charge in [-0.2, -0.15) is 18.3 Å². The van der Waals surface area contributed by atoms with E-state index in [0.717, 1.165) is 0 Å². The fourth-order valence-corrected chi connectivity index (χ4v) is 3.02. The first kappa shape index (κ1) is 15.6. The number of aryl methyl sites for hydroxylation is 1. The molecule has 10 heteroatoms. The second-order valence-electron chi connectivity index (χ2n) is 6.11. The SMILES string of the molecule is Cc1cn2nc(-c3c[nH]c(=O)[nH]c3=O)cc([C@@H]3C[C@H]3C(F)(F)F)c2n1. The zero-order valence-corrected chi connectivity index (χ0v) is 12.9. The Morgan fingerprint density at radius 1 is 1.32 bits per heavy atom. The maximum Gasteiger partial charge on any atom is 0.392 e. The van der Waals surface area contributed by atoms with Crippen LogP contribution in [0.4, 0.5) is 13.2 Å². The Kier molecular flexibility index (Phi) is 3.15. The van der Waals surface area contributed by atoms with Crippen LogP contribution in [0.3, 0.4) is 0 Å². The second-order valence-corrected chi connectivity index (χ2v) is 6.11. The number of rotatable bonds is 2. The average Bonchev–Trinajstić information content (AvgIpc) is 3.22. The van der Waals surface area contributed by atoms with Crippen molar-refractivity contribution in [1.82, 2.24) is 24.6 Å². The van der Waals surface area contributed by atoms with E-state index in [0.29, 0.717) is 16.9 Å². The second kappa shape index (κ2) is 5.04. The van der Waals surface area contributed by atoms with Gasteiger partial charge >= 0.3 is 11.9 Å². The summed E-state index contributed by atoms with van der Waals surface area (Å²) >= 11 is 0. The minimum Gasteiger partial charge on any atom is -0.313 e. The van der Waals surface area contributed by atoms with Crippen LogP contribution < -0.4 is 11.2 Å². The molecule has 3 aromatic rings. The Labute approximate surface area is 137 Å². The van der Waals surface area contributed by atoms with Gasteiger partial charge in [0.25, 0.3) is 5.56 Å². The maximum absolute atomic E-state index is 13.0. The number of hydrogen-bond donors (Lipinski definition) is 2. The Bertz CT molecular complexity index is 1090. The number of fused-ring (bicyclic) bond motifs is 1. The first-order chi connectivity index (χ1) is 11.7. The fraction of sp³-hybridized carbons (Fsp3) is 0.333. The topological polar surface area (TPSA) is 95.9 Å². The van der Waals surface area contributed by atoms with Crippen molar-refractivity contribution in [3.05, 3.63) is 50.6 Å². The number of nitrogens with zero attached hydrogens (tertiary/aromatic N) is 3. The molecule has 0 aliphatic heterocycles. The van der Waals surface area contributed by atoms with Gasteiger partial charge in [0.2, 0.25) is 0 Å².